The summed E-state index contributed by atoms with van der Waals surface area (Å²) >= 11 is 4.25. The van der Waals surface area contributed by atoms with Crippen molar-refractivity contribution < 1.29 is 9.84 Å². The lowest BCUT2D eigenvalue weighted by atomic mass is 9.94. The molecule has 0 amide bonds. The van der Waals surface area contributed by atoms with Crippen molar-refractivity contribution in [1.82, 2.24) is 5.32 Å². The first-order chi connectivity index (χ1) is 11.4. The smallest absolute Gasteiger partial charge is 0.132 e. The van der Waals surface area contributed by atoms with Gasteiger partial charge in [-0.2, -0.15) is 0 Å². The van der Waals surface area contributed by atoms with Gasteiger partial charge in [-0.05, 0) is 69.0 Å². The van der Waals surface area contributed by atoms with Crippen molar-refractivity contribution in [2.75, 3.05) is 13.7 Å². The number of aryl methyl sites for hydroxylation is 1. The van der Waals surface area contributed by atoms with E-state index in [1.165, 1.54) is 5.56 Å². The van der Waals surface area contributed by atoms with E-state index >= 15 is 0 Å². The van der Waals surface area contributed by atoms with Crippen molar-refractivity contribution in [3.63, 3.8) is 0 Å². The van der Waals surface area contributed by atoms with Crippen LogP contribution in [0.4, 0.5) is 0 Å². The maximum atomic E-state index is 9.99. The molecule has 130 valence electrons. The highest BCUT2D eigenvalue weighted by atomic mass is 32.1. The summed E-state index contributed by atoms with van der Waals surface area (Å²) in [5.41, 5.74) is 2.26. The van der Waals surface area contributed by atoms with E-state index in [9.17, 15) is 5.11 Å². The van der Waals surface area contributed by atoms with E-state index in [2.05, 4.69) is 43.9 Å². The molecule has 2 rings (SSSR count). The van der Waals surface area contributed by atoms with Crippen LogP contribution in [0.5, 0.6) is 11.5 Å². The van der Waals surface area contributed by atoms with Crippen LogP contribution in [0, 0.1) is 0 Å². The minimum atomic E-state index is 0.0159. The normalized spacial score (nSPS) is 11.5. The van der Waals surface area contributed by atoms with Gasteiger partial charge in [0, 0.05) is 10.4 Å². The molecule has 0 aliphatic carbocycles. The van der Waals surface area contributed by atoms with Crippen LogP contribution in [-0.4, -0.2) is 24.3 Å². The zero-order valence-electron chi connectivity index (χ0n) is 14.7. The van der Waals surface area contributed by atoms with E-state index in [4.69, 9.17) is 4.74 Å². The van der Waals surface area contributed by atoms with Crippen molar-refractivity contribution in [1.29, 1.82) is 0 Å². The first-order valence-electron chi connectivity index (χ1n) is 8.29. The fourth-order valence-electron chi connectivity index (χ4n) is 2.80. The van der Waals surface area contributed by atoms with Crippen molar-refractivity contribution in [2.24, 2.45) is 0 Å². The molecule has 0 bridgehead atoms. The fraction of sp³-hybridized carbons (Fsp3) is 0.400. The van der Waals surface area contributed by atoms with Crippen LogP contribution in [0.1, 0.15) is 31.4 Å². The summed E-state index contributed by atoms with van der Waals surface area (Å²) < 4.78 is 5.20. The lowest BCUT2D eigenvalue weighted by Crippen LogP contribution is -2.41. The average Bonchev–Trinajstić information content (AvgIpc) is 2.55. The molecular weight excluding hydrogens is 318 g/mol. The molecule has 2 aromatic rings. The largest absolute Gasteiger partial charge is 0.507 e. The first-order valence-corrected chi connectivity index (χ1v) is 8.74. The molecule has 0 saturated heterocycles. The van der Waals surface area contributed by atoms with Gasteiger partial charge in [0.25, 0.3) is 0 Å². The van der Waals surface area contributed by atoms with Crippen molar-refractivity contribution in [3.8, 4) is 11.5 Å². The molecule has 2 N–H and O–H groups in total. The van der Waals surface area contributed by atoms with Crippen molar-refractivity contribution in [3.05, 3.63) is 53.6 Å². The molecule has 4 heteroatoms. The number of ether oxygens (including phenoxy) is 1. The molecule has 2 aromatic carbocycles. The van der Waals surface area contributed by atoms with Crippen molar-refractivity contribution >= 4 is 12.6 Å². The van der Waals surface area contributed by atoms with E-state index in [0.29, 0.717) is 10.6 Å². The lowest BCUT2D eigenvalue weighted by Gasteiger charge is -2.27. The Morgan fingerprint density at radius 1 is 1.12 bits per heavy atom. The van der Waals surface area contributed by atoms with Crippen LogP contribution >= 0.6 is 12.6 Å². The number of aromatic hydroxyl groups is 1. The number of thiol groups is 1. The molecule has 0 aliphatic heterocycles. The molecule has 0 spiro atoms. The fourth-order valence-corrected chi connectivity index (χ4v) is 3.03. The Morgan fingerprint density at radius 3 is 2.50 bits per heavy atom. The number of para-hydroxylation sites is 1. The summed E-state index contributed by atoms with van der Waals surface area (Å²) in [5.74, 6) is 1.19. The molecule has 0 fully saturated rings. The Kier molecular flexibility index (Phi) is 6.58. The zero-order valence-corrected chi connectivity index (χ0v) is 15.6. The Balaban J connectivity index is 1.80. The van der Waals surface area contributed by atoms with Gasteiger partial charge in [-0.3, -0.25) is 0 Å². The van der Waals surface area contributed by atoms with E-state index in [-0.39, 0.29) is 5.54 Å². The van der Waals surface area contributed by atoms with Gasteiger partial charge in [0.2, 0.25) is 0 Å². The second kappa shape index (κ2) is 8.45. The number of phenols is 1. The zero-order chi connectivity index (χ0) is 17.6. The molecule has 24 heavy (non-hydrogen) atoms. The van der Waals surface area contributed by atoms with Crippen LogP contribution in [0.2, 0.25) is 0 Å². The number of phenolic OH excluding ortho intramolecular Hbond substituents is 1. The lowest BCUT2D eigenvalue weighted by molar-refractivity contribution is 0.382. The van der Waals surface area contributed by atoms with E-state index in [1.54, 1.807) is 13.2 Å². The van der Waals surface area contributed by atoms with Crippen LogP contribution in [0.3, 0.4) is 0 Å². The Morgan fingerprint density at radius 2 is 1.83 bits per heavy atom. The van der Waals surface area contributed by atoms with Crippen LogP contribution in [0.15, 0.2) is 47.4 Å². The van der Waals surface area contributed by atoms with Crippen LogP contribution < -0.4 is 10.1 Å². The van der Waals surface area contributed by atoms with Gasteiger partial charge in [0.15, 0.2) is 0 Å². The van der Waals surface area contributed by atoms with Gasteiger partial charge in [-0.1, -0.05) is 24.3 Å². The van der Waals surface area contributed by atoms with Gasteiger partial charge in [0.1, 0.15) is 11.5 Å². The SMILES string of the molecule is COc1ccc(CC(C)(C)NCCCc2cccc(S)c2O)cc1. The molecule has 0 aromatic heterocycles. The third-order valence-corrected chi connectivity index (χ3v) is 4.49. The number of hydrogen-bond acceptors (Lipinski definition) is 4. The second-order valence-electron chi connectivity index (χ2n) is 6.72. The number of nitrogens with one attached hydrogen (secondary N) is 1. The maximum Gasteiger partial charge on any atom is 0.132 e. The molecular formula is C20H27NO2S. The molecule has 0 saturated carbocycles. The summed E-state index contributed by atoms with van der Waals surface area (Å²) in [5, 5.41) is 13.6. The van der Waals surface area contributed by atoms with Gasteiger partial charge in [-0.25, -0.2) is 0 Å². The Bertz CT molecular complexity index is 653. The third-order valence-electron chi connectivity index (χ3n) is 4.13. The van der Waals surface area contributed by atoms with Gasteiger partial charge >= 0.3 is 0 Å². The topological polar surface area (TPSA) is 41.5 Å². The summed E-state index contributed by atoms with van der Waals surface area (Å²) in [6.45, 7) is 5.32. The summed E-state index contributed by atoms with van der Waals surface area (Å²) in [6.07, 6.45) is 2.76. The quantitative estimate of drug-likeness (QED) is 0.495. The third kappa shape index (κ3) is 5.46. The number of hydrogen-bond donors (Lipinski definition) is 3. The molecule has 0 aliphatic rings. The predicted molar refractivity (Wildman–Crippen MR) is 102 cm³/mol. The summed E-state index contributed by atoms with van der Waals surface area (Å²) in [6, 6.07) is 13.9. The van der Waals surface area contributed by atoms with Gasteiger partial charge in [-0.15, -0.1) is 12.6 Å². The molecule has 0 unspecified atom stereocenters. The summed E-state index contributed by atoms with van der Waals surface area (Å²) in [7, 11) is 1.68. The molecule has 0 heterocycles. The highest BCUT2D eigenvalue weighted by Gasteiger charge is 2.17. The monoisotopic (exact) mass is 345 g/mol. The van der Waals surface area contributed by atoms with Crippen LogP contribution in [0.25, 0.3) is 0 Å². The Labute approximate surface area is 150 Å². The molecule has 3 nitrogen and oxygen atoms in total. The standard InChI is InChI=1S/C20H27NO2S/c1-20(2,14-15-9-11-17(23-3)12-10-15)21-13-5-7-16-6-4-8-18(24)19(16)22/h4,6,8-12,21-22,24H,5,7,13-14H2,1-3H3. The predicted octanol–water partition coefficient (Wildman–Crippen LogP) is 4.23. The number of rotatable bonds is 8. The minimum absolute atomic E-state index is 0.0159. The highest BCUT2D eigenvalue weighted by Crippen LogP contribution is 2.26. The minimum Gasteiger partial charge on any atom is -0.507 e. The van der Waals surface area contributed by atoms with Gasteiger partial charge in [0.05, 0.1) is 7.11 Å². The summed E-state index contributed by atoms with van der Waals surface area (Å²) in [4.78, 5) is 0.639. The molecule has 0 atom stereocenters. The van der Waals surface area contributed by atoms with Gasteiger partial charge < -0.3 is 15.2 Å². The van der Waals surface area contributed by atoms with E-state index < -0.39 is 0 Å². The average molecular weight is 346 g/mol. The Hall–Kier alpha value is -1.65. The second-order valence-corrected chi connectivity index (χ2v) is 7.21. The van der Waals surface area contributed by atoms with Crippen LogP contribution in [-0.2, 0) is 12.8 Å². The van der Waals surface area contributed by atoms with E-state index in [1.807, 2.05) is 24.3 Å². The first kappa shape index (κ1) is 18.7. The maximum absolute atomic E-state index is 9.99. The number of benzene rings is 2. The van der Waals surface area contributed by atoms with E-state index in [0.717, 1.165) is 37.1 Å². The number of methoxy groups -OCH3 is 1. The highest BCUT2D eigenvalue weighted by molar-refractivity contribution is 7.80. The molecule has 0 radical (unpaired) electrons. The van der Waals surface area contributed by atoms with Crippen molar-refractivity contribution in [2.45, 2.75) is 43.5 Å².